The van der Waals surface area contributed by atoms with Gasteiger partial charge in [0.1, 0.15) is 0 Å². The number of amides is 1. The molecule has 106 valence electrons. The summed E-state index contributed by atoms with van der Waals surface area (Å²) in [5.41, 5.74) is 8.24. The molecule has 1 atom stereocenters. The van der Waals surface area contributed by atoms with E-state index in [0.29, 0.717) is 11.3 Å². The van der Waals surface area contributed by atoms with E-state index in [1.807, 2.05) is 6.07 Å². The molecule has 0 aliphatic rings. The number of nitrogens with zero attached hydrogens (tertiary/aromatic N) is 1. The zero-order chi connectivity index (χ0) is 14.8. The van der Waals surface area contributed by atoms with E-state index in [9.17, 15) is 4.79 Å². The fraction of sp³-hybridized carbons (Fsp3) is 0.533. The average molecular weight is 263 g/mol. The summed E-state index contributed by atoms with van der Waals surface area (Å²) in [6, 6.07) is 5.68. The summed E-state index contributed by atoms with van der Waals surface area (Å²) in [6.45, 7) is 8.64. The van der Waals surface area contributed by atoms with Gasteiger partial charge in [-0.15, -0.1) is 0 Å². The predicted octanol–water partition coefficient (Wildman–Crippen LogP) is 2.82. The third-order valence-electron chi connectivity index (χ3n) is 3.38. The molecule has 0 bridgehead atoms. The molecule has 4 heteroatoms. The molecule has 3 N–H and O–H groups in total. The van der Waals surface area contributed by atoms with E-state index in [2.05, 4.69) is 33.0 Å². The molecule has 4 nitrogen and oxygen atoms in total. The molecule has 0 fully saturated rings. The molecule has 0 aliphatic carbocycles. The second-order valence-corrected chi connectivity index (χ2v) is 6.23. The van der Waals surface area contributed by atoms with Crippen LogP contribution in [0.25, 0.3) is 0 Å². The van der Waals surface area contributed by atoms with Crippen LogP contribution < -0.4 is 11.1 Å². The largest absolute Gasteiger partial charge is 0.397 e. The first kappa shape index (κ1) is 15.3. The van der Waals surface area contributed by atoms with Crippen LogP contribution in [0.4, 0.5) is 11.4 Å². The van der Waals surface area contributed by atoms with Crippen LogP contribution in [0.5, 0.6) is 0 Å². The number of nitrogen functional groups attached to an aromatic ring is 1. The molecular formula is C15H25N3O. The van der Waals surface area contributed by atoms with Gasteiger partial charge in [0, 0.05) is 25.7 Å². The van der Waals surface area contributed by atoms with Crippen molar-refractivity contribution in [1.82, 2.24) is 4.90 Å². The Kier molecular flexibility index (Phi) is 4.45. The van der Waals surface area contributed by atoms with Crippen molar-refractivity contribution in [3.8, 4) is 0 Å². The summed E-state index contributed by atoms with van der Waals surface area (Å²) < 4.78 is 0. The van der Waals surface area contributed by atoms with Crippen LogP contribution in [0.15, 0.2) is 18.2 Å². The third-order valence-corrected chi connectivity index (χ3v) is 3.38. The minimum absolute atomic E-state index is 0.0397. The Morgan fingerprint density at radius 2 is 1.89 bits per heavy atom. The minimum atomic E-state index is -0.0397. The maximum Gasteiger partial charge on any atom is 0.253 e. The number of anilines is 2. The van der Waals surface area contributed by atoms with Gasteiger partial charge in [-0.2, -0.15) is 0 Å². The fourth-order valence-corrected chi connectivity index (χ4v) is 1.54. The lowest BCUT2D eigenvalue weighted by Crippen LogP contribution is -2.31. The smallest absolute Gasteiger partial charge is 0.253 e. The molecule has 0 saturated heterocycles. The van der Waals surface area contributed by atoms with Gasteiger partial charge in [-0.25, -0.2) is 0 Å². The highest BCUT2D eigenvalue weighted by atomic mass is 16.2. The quantitative estimate of drug-likeness (QED) is 0.824. The van der Waals surface area contributed by atoms with Gasteiger partial charge in [0.05, 0.1) is 11.4 Å². The van der Waals surface area contributed by atoms with Crippen molar-refractivity contribution in [1.29, 1.82) is 0 Å². The van der Waals surface area contributed by atoms with Crippen molar-refractivity contribution < 1.29 is 4.79 Å². The van der Waals surface area contributed by atoms with Gasteiger partial charge in [0.25, 0.3) is 5.91 Å². The molecular weight excluding hydrogens is 238 g/mol. The van der Waals surface area contributed by atoms with Gasteiger partial charge in [-0.1, -0.05) is 20.8 Å². The summed E-state index contributed by atoms with van der Waals surface area (Å²) in [5.74, 6) is -0.0397. The average Bonchev–Trinajstić information content (AvgIpc) is 2.29. The zero-order valence-corrected chi connectivity index (χ0v) is 12.7. The van der Waals surface area contributed by atoms with Crippen LogP contribution in [-0.4, -0.2) is 30.9 Å². The lowest BCUT2D eigenvalue weighted by Gasteiger charge is -2.29. The number of nitrogens with one attached hydrogen (secondary N) is 1. The highest BCUT2D eigenvalue weighted by Gasteiger charge is 2.20. The molecule has 1 aromatic carbocycles. The van der Waals surface area contributed by atoms with E-state index in [1.54, 1.807) is 31.1 Å². The Morgan fingerprint density at radius 3 is 2.32 bits per heavy atom. The van der Waals surface area contributed by atoms with Crippen LogP contribution in [0.1, 0.15) is 38.1 Å². The molecule has 0 spiro atoms. The first-order valence-corrected chi connectivity index (χ1v) is 6.50. The lowest BCUT2D eigenvalue weighted by atomic mass is 9.88. The van der Waals surface area contributed by atoms with E-state index in [4.69, 9.17) is 5.73 Å². The number of nitrogens with two attached hydrogens (primary N) is 1. The molecule has 0 saturated carbocycles. The van der Waals surface area contributed by atoms with Gasteiger partial charge in [-0.05, 0) is 30.5 Å². The molecule has 19 heavy (non-hydrogen) atoms. The molecule has 0 radical (unpaired) electrons. The van der Waals surface area contributed by atoms with Crippen LogP contribution in [0.3, 0.4) is 0 Å². The maximum absolute atomic E-state index is 11.8. The maximum atomic E-state index is 11.8. The Bertz CT molecular complexity index is 461. The Labute approximate surface area is 116 Å². The molecule has 0 heterocycles. The first-order valence-electron chi connectivity index (χ1n) is 6.50. The lowest BCUT2D eigenvalue weighted by molar-refractivity contribution is 0.0827. The highest BCUT2D eigenvalue weighted by Crippen LogP contribution is 2.26. The van der Waals surface area contributed by atoms with E-state index in [-0.39, 0.29) is 17.4 Å². The number of carbonyl (C=O) groups excluding carboxylic acids is 1. The van der Waals surface area contributed by atoms with Gasteiger partial charge in [0.15, 0.2) is 0 Å². The second-order valence-electron chi connectivity index (χ2n) is 6.23. The van der Waals surface area contributed by atoms with Crippen molar-refractivity contribution in [3.05, 3.63) is 23.8 Å². The van der Waals surface area contributed by atoms with Gasteiger partial charge in [0.2, 0.25) is 0 Å². The number of hydrogen-bond donors (Lipinski definition) is 2. The number of carbonyl (C=O) groups is 1. The summed E-state index contributed by atoms with van der Waals surface area (Å²) in [6.07, 6.45) is 0. The first-order chi connectivity index (χ1) is 8.62. The van der Waals surface area contributed by atoms with Crippen LogP contribution in [-0.2, 0) is 0 Å². The third kappa shape index (κ3) is 3.88. The van der Waals surface area contributed by atoms with Crippen molar-refractivity contribution in [2.24, 2.45) is 5.41 Å². The standard InChI is InChI=1S/C15H25N3O/c1-10(15(2,3)4)17-13-8-7-11(9-12(13)16)14(19)18(5)6/h7-10,17H,16H2,1-6H3. The highest BCUT2D eigenvalue weighted by molar-refractivity contribution is 5.95. The normalized spacial score (nSPS) is 12.9. The number of rotatable bonds is 3. The van der Waals surface area contributed by atoms with Crippen molar-refractivity contribution in [3.63, 3.8) is 0 Å². The van der Waals surface area contributed by atoms with E-state index in [1.165, 1.54) is 0 Å². The summed E-state index contributed by atoms with van der Waals surface area (Å²) in [7, 11) is 3.46. The van der Waals surface area contributed by atoms with Crippen molar-refractivity contribution in [2.45, 2.75) is 33.7 Å². The summed E-state index contributed by atoms with van der Waals surface area (Å²) in [4.78, 5) is 13.4. The number of hydrogen-bond acceptors (Lipinski definition) is 3. The predicted molar refractivity (Wildman–Crippen MR) is 81.4 cm³/mol. The molecule has 1 aromatic rings. The topological polar surface area (TPSA) is 58.4 Å². The Morgan fingerprint density at radius 1 is 1.32 bits per heavy atom. The van der Waals surface area contributed by atoms with Crippen LogP contribution >= 0.6 is 0 Å². The van der Waals surface area contributed by atoms with Crippen LogP contribution in [0, 0.1) is 5.41 Å². The number of benzene rings is 1. The summed E-state index contributed by atoms with van der Waals surface area (Å²) in [5, 5.41) is 3.40. The molecule has 1 amide bonds. The molecule has 0 aromatic heterocycles. The minimum Gasteiger partial charge on any atom is -0.397 e. The summed E-state index contributed by atoms with van der Waals surface area (Å²) >= 11 is 0. The van der Waals surface area contributed by atoms with Crippen molar-refractivity contribution in [2.75, 3.05) is 25.1 Å². The Hall–Kier alpha value is -1.71. The zero-order valence-electron chi connectivity index (χ0n) is 12.7. The fourth-order valence-electron chi connectivity index (χ4n) is 1.54. The Balaban J connectivity index is 2.93. The van der Waals surface area contributed by atoms with E-state index < -0.39 is 0 Å². The SMILES string of the molecule is CC(Nc1ccc(C(=O)N(C)C)cc1N)C(C)(C)C. The van der Waals surface area contributed by atoms with E-state index >= 15 is 0 Å². The molecule has 1 unspecified atom stereocenters. The second kappa shape index (κ2) is 5.51. The van der Waals surface area contributed by atoms with Crippen LogP contribution in [0.2, 0.25) is 0 Å². The van der Waals surface area contributed by atoms with Gasteiger partial charge >= 0.3 is 0 Å². The van der Waals surface area contributed by atoms with Gasteiger partial charge < -0.3 is 16.0 Å². The van der Waals surface area contributed by atoms with E-state index in [0.717, 1.165) is 5.69 Å². The molecule has 0 aliphatic heterocycles. The van der Waals surface area contributed by atoms with Gasteiger partial charge in [-0.3, -0.25) is 4.79 Å². The van der Waals surface area contributed by atoms with Crippen molar-refractivity contribution >= 4 is 17.3 Å². The molecule has 1 rings (SSSR count). The monoisotopic (exact) mass is 263 g/mol.